The molecule has 0 unspecified atom stereocenters. The lowest BCUT2D eigenvalue weighted by molar-refractivity contribution is 0.553. The van der Waals surface area contributed by atoms with Crippen LogP contribution in [0, 0.1) is 48.4 Å². The molecule has 3 aromatic rings. The molecule has 0 nitrogen and oxygen atoms in total. The minimum Gasteiger partial charge on any atom is -0.114 e. The first-order valence-corrected chi connectivity index (χ1v) is 20.9. The van der Waals surface area contributed by atoms with Crippen LogP contribution in [0.1, 0.15) is 169 Å². The monoisotopic (exact) mass is 750 g/mol. The van der Waals surface area contributed by atoms with E-state index in [9.17, 15) is 0 Å². The summed E-state index contributed by atoms with van der Waals surface area (Å²) >= 11 is 0. The Bertz CT molecular complexity index is 1920. The number of hydrogen-bond donors (Lipinski definition) is 0. The summed E-state index contributed by atoms with van der Waals surface area (Å²) < 4.78 is 0. The van der Waals surface area contributed by atoms with Crippen molar-refractivity contribution in [3.05, 3.63) is 93.0 Å². The normalized spacial score (nSPS) is 13.3. The summed E-state index contributed by atoms with van der Waals surface area (Å²) in [7, 11) is 1.92. The second kappa shape index (κ2) is 16.1. The van der Waals surface area contributed by atoms with Crippen molar-refractivity contribution in [1.82, 2.24) is 0 Å². The lowest BCUT2D eigenvalue weighted by Gasteiger charge is -2.32. The fraction of sp³-hybridized carbons (Fsp3) is 0.462. The van der Waals surface area contributed by atoms with Gasteiger partial charge in [0.1, 0.15) is 10.6 Å². The van der Waals surface area contributed by atoms with E-state index in [-0.39, 0.29) is 32.5 Å². The zero-order valence-electron chi connectivity index (χ0n) is 36.7. The summed E-state index contributed by atoms with van der Waals surface area (Å²) in [5.41, 5.74) is 9.65. The molecule has 0 aliphatic rings. The third kappa shape index (κ3) is 11.6. The van der Waals surface area contributed by atoms with Gasteiger partial charge in [0.05, 0.1) is 0 Å². The van der Waals surface area contributed by atoms with E-state index in [1.807, 2.05) is 24.3 Å². The molecule has 3 aromatic carbocycles. The average Bonchev–Trinajstić information content (AvgIpc) is 3.02. The predicted molar refractivity (Wildman–Crippen MR) is 246 cm³/mol. The van der Waals surface area contributed by atoms with Crippen molar-refractivity contribution in [3.8, 4) is 48.4 Å². The quantitative estimate of drug-likeness (QED) is 0.181. The van der Waals surface area contributed by atoms with Crippen LogP contribution in [0.2, 0.25) is 0 Å². The fourth-order valence-corrected chi connectivity index (χ4v) is 8.86. The Morgan fingerprint density at radius 1 is 0.407 bits per heavy atom. The van der Waals surface area contributed by atoms with Crippen molar-refractivity contribution in [3.63, 3.8) is 0 Å². The average molecular weight is 751 g/mol. The van der Waals surface area contributed by atoms with E-state index in [0.717, 1.165) is 38.1 Å². The van der Waals surface area contributed by atoms with E-state index in [2.05, 4.69) is 184 Å². The van der Waals surface area contributed by atoms with Gasteiger partial charge >= 0.3 is 0 Å². The van der Waals surface area contributed by atoms with E-state index < -0.39 is 0 Å². The van der Waals surface area contributed by atoms with Gasteiger partial charge in [-0.05, 0) is 118 Å². The maximum atomic E-state index is 6.12. The molecule has 0 spiro atoms. The van der Waals surface area contributed by atoms with Crippen molar-refractivity contribution in [1.29, 1.82) is 0 Å². The second-order valence-corrected chi connectivity index (χ2v) is 22.9. The maximum Gasteiger partial charge on any atom is 0.102 e. The largest absolute Gasteiger partial charge is 0.114 e. The van der Waals surface area contributed by atoms with Crippen LogP contribution in [-0.2, 0) is 32.5 Å². The molecule has 0 bridgehead atoms. The van der Waals surface area contributed by atoms with E-state index >= 15 is 0 Å². The molecular formula is C52H64P2. The SMILES string of the molecule is C#CC(C#Cc1ccc(C#CC(C#C)=Pc2c(C(C)(C)C)cc(C(C)(C)C)cc2C(C)(C)C)cc1)=Pc1c(C(C)(C)C)cc(C(C)(C)C)cc1C(C)(C)C. The summed E-state index contributed by atoms with van der Waals surface area (Å²) in [6, 6.07) is 17.6. The summed E-state index contributed by atoms with van der Waals surface area (Å²) in [4.78, 5) is 0. The maximum absolute atomic E-state index is 6.12. The summed E-state index contributed by atoms with van der Waals surface area (Å²) in [5.74, 6) is 19.2. The van der Waals surface area contributed by atoms with Crippen molar-refractivity contribution in [2.24, 2.45) is 0 Å². The molecule has 0 fully saturated rings. The van der Waals surface area contributed by atoms with Gasteiger partial charge in [0.2, 0.25) is 0 Å². The third-order valence-corrected chi connectivity index (χ3v) is 11.8. The first-order valence-electron chi connectivity index (χ1n) is 19.1. The van der Waals surface area contributed by atoms with E-state index in [4.69, 9.17) is 12.8 Å². The van der Waals surface area contributed by atoms with E-state index in [1.54, 1.807) is 0 Å². The van der Waals surface area contributed by atoms with Crippen LogP contribution in [-0.4, -0.2) is 10.6 Å². The third-order valence-electron chi connectivity index (χ3n) is 9.44. The second-order valence-electron chi connectivity index (χ2n) is 20.6. The van der Waals surface area contributed by atoms with Crippen molar-refractivity contribution >= 4 is 37.6 Å². The molecule has 0 aliphatic heterocycles. The van der Waals surface area contributed by atoms with Crippen LogP contribution < -0.4 is 10.6 Å². The van der Waals surface area contributed by atoms with Crippen molar-refractivity contribution < 1.29 is 0 Å². The highest BCUT2D eigenvalue weighted by Gasteiger charge is 2.30. The summed E-state index contributed by atoms with van der Waals surface area (Å²) in [6.45, 7) is 41.1. The number of rotatable bonds is 2. The first kappa shape index (κ1) is 44.6. The van der Waals surface area contributed by atoms with Crippen molar-refractivity contribution in [2.75, 3.05) is 0 Å². The van der Waals surface area contributed by atoms with Gasteiger partial charge in [0.25, 0.3) is 0 Å². The molecule has 0 radical (unpaired) electrons. The van der Waals surface area contributed by atoms with Crippen molar-refractivity contribution in [2.45, 2.75) is 157 Å². The Balaban J connectivity index is 2.08. The summed E-state index contributed by atoms with van der Waals surface area (Å²) in [5, 5.41) is 4.05. The topological polar surface area (TPSA) is 0 Å². The first-order chi connectivity index (χ1) is 24.5. The molecule has 0 amide bonds. The highest BCUT2D eigenvalue weighted by atomic mass is 31.1. The molecule has 0 heterocycles. The van der Waals surface area contributed by atoms with Gasteiger partial charge in [-0.1, -0.05) is 173 Å². The molecule has 282 valence electrons. The molecule has 0 saturated carbocycles. The van der Waals surface area contributed by atoms with Gasteiger partial charge in [-0.15, -0.1) is 12.8 Å². The highest BCUT2D eigenvalue weighted by Crippen LogP contribution is 2.37. The Morgan fingerprint density at radius 3 is 0.833 bits per heavy atom. The predicted octanol–water partition coefficient (Wildman–Crippen LogP) is 12.3. The molecule has 0 aromatic heterocycles. The lowest BCUT2D eigenvalue weighted by atomic mass is 9.75. The van der Waals surface area contributed by atoms with Crippen LogP contribution in [0.3, 0.4) is 0 Å². The molecule has 0 saturated heterocycles. The standard InChI is InChI=1S/C52H64P2/c1-21-39(53-45-41(49(9,10)11)31-37(47(3,4)5)32-42(45)50(12,13)14)29-27-35-23-25-36(26-24-35)28-30-40(22-2)54-46-43(51(15,16)17)33-38(48(6,7)8)34-44(46)52(18,19)20/h1-2,23-26,31-34H,3-20H3. The van der Waals surface area contributed by atoms with Gasteiger partial charge in [-0.3, -0.25) is 0 Å². The van der Waals surface area contributed by atoms with Crippen LogP contribution in [0.15, 0.2) is 48.5 Å². The Kier molecular flexibility index (Phi) is 13.3. The molecule has 0 aliphatic carbocycles. The molecular weight excluding hydrogens is 687 g/mol. The van der Waals surface area contributed by atoms with Gasteiger partial charge in [0, 0.05) is 21.7 Å². The van der Waals surface area contributed by atoms with Gasteiger partial charge in [-0.25, -0.2) is 0 Å². The highest BCUT2D eigenvalue weighted by molar-refractivity contribution is 7.51. The van der Waals surface area contributed by atoms with Gasteiger partial charge in [-0.2, -0.15) is 0 Å². The molecule has 2 heteroatoms. The minimum absolute atomic E-state index is 0.0361. The molecule has 0 N–H and O–H groups in total. The zero-order valence-corrected chi connectivity index (χ0v) is 38.5. The number of benzene rings is 3. The molecule has 54 heavy (non-hydrogen) atoms. The molecule has 3 rings (SSSR count). The summed E-state index contributed by atoms with van der Waals surface area (Å²) in [6.07, 6.45) is 12.2. The van der Waals surface area contributed by atoms with Gasteiger partial charge in [0.15, 0.2) is 0 Å². The van der Waals surface area contributed by atoms with E-state index in [0.29, 0.717) is 0 Å². The number of hydrogen-bond acceptors (Lipinski definition) is 0. The lowest BCUT2D eigenvalue weighted by Crippen LogP contribution is -2.30. The van der Waals surface area contributed by atoms with Crippen LogP contribution in [0.5, 0.6) is 0 Å². The fourth-order valence-electron chi connectivity index (χ4n) is 5.98. The van der Waals surface area contributed by atoms with Crippen LogP contribution in [0.4, 0.5) is 0 Å². The Morgan fingerprint density at radius 2 is 0.648 bits per heavy atom. The smallest absolute Gasteiger partial charge is 0.102 e. The Hall–Kier alpha value is -3.76. The zero-order chi connectivity index (χ0) is 41.2. The number of terminal acetylenes is 2. The minimum atomic E-state index is -0.0511. The van der Waals surface area contributed by atoms with Crippen LogP contribution in [0.25, 0.3) is 0 Å². The molecule has 0 atom stereocenters. The van der Waals surface area contributed by atoms with Gasteiger partial charge < -0.3 is 0 Å². The van der Waals surface area contributed by atoms with Crippen LogP contribution >= 0.6 is 16.4 Å². The Labute approximate surface area is 334 Å². The van der Waals surface area contributed by atoms with E-state index in [1.165, 1.54) is 44.0 Å².